The van der Waals surface area contributed by atoms with Crippen molar-refractivity contribution in [2.75, 3.05) is 0 Å². The molecule has 1 N–H and O–H groups in total. The second-order valence-corrected chi connectivity index (χ2v) is 9.20. The Hall–Kier alpha value is -2.60. The lowest BCUT2D eigenvalue weighted by Gasteiger charge is -2.34. The molecule has 2 aromatic heterocycles. The molecule has 0 saturated carbocycles. The smallest absolute Gasteiger partial charge is 0.256 e. The van der Waals surface area contributed by atoms with Gasteiger partial charge in [0.1, 0.15) is 22.5 Å². The summed E-state index contributed by atoms with van der Waals surface area (Å²) in [5.74, 6) is 1.23. The summed E-state index contributed by atoms with van der Waals surface area (Å²) in [6, 6.07) is 7.99. The van der Waals surface area contributed by atoms with Crippen LogP contribution in [0.3, 0.4) is 0 Å². The Kier molecular flexibility index (Phi) is 5.22. The van der Waals surface area contributed by atoms with Gasteiger partial charge in [-0.15, -0.1) is 0 Å². The molecule has 158 valence electrons. The van der Waals surface area contributed by atoms with E-state index in [0.29, 0.717) is 17.8 Å². The second kappa shape index (κ2) is 7.58. The molecule has 0 bridgehead atoms. The summed E-state index contributed by atoms with van der Waals surface area (Å²) >= 11 is 6.53. The summed E-state index contributed by atoms with van der Waals surface area (Å²) in [5, 5.41) is 7.84. The Balaban J connectivity index is 1.58. The molecule has 30 heavy (non-hydrogen) atoms. The first kappa shape index (κ1) is 20.7. The first-order chi connectivity index (χ1) is 14.1. The third-order valence-corrected chi connectivity index (χ3v) is 5.96. The fourth-order valence-corrected chi connectivity index (χ4v) is 4.54. The number of carbonyl (C=O) groups excluding carboxylic acids is 1. The van der Waals surface area contributed by atoms with E-state index in [-0.39, 0.29) is 28.3 Å². The van der Waals surface area contributed by atoms with Gasteiger partial charge in [0.2, 0.25) is 0 Å². The van der Waals surface area contributed by atoms with Gasteiger partial charge >= 0.3 is 0 Å². The zero-order chi connectivity index (χ0) is 21.6. The van der Waals surface area contributed by atoms with Crippen LogP contribution in [0.1, 0.15) is 65.0 Å². The summed E-state index contributed by atoms with van der Waals surface area (Å²) in [5.41, 5.74) is 2.82. The van der Waals surface area contributed by atoms with Crippen LogP contribution in [0.15, 0.2) is 34.7 Å². The third-order valence-electron chi connectivity index (χ3n) is 5.58. The molecule has 1 unspecified atom stereocenters. The van der Waals surface area contributed by atoms with Crippen molar-refractivity contribution in [3.05, 3.63) is 75.2 Å². The normalized spacial score (nSPS) is 17.6. The summed E-state index contributed by atoms with van der Waals surface area (Å²) < 4.78 is 20.6. The van der Waals surface area contributed by atoms with E-state index in [1.54, 1.807) is 23.7 Å². The summed E-state index contributed by atoms with van der Waals surface area (Å²) in [4.78, 5) is 13.2. The molecule has 0 aliphatic heterocycles. The average molecular weight is 430 g/mol. The molecule has 0 saturated heterocycles. The van der Waals surface area contributed by atoms with Crippen LogP contribution >= 0.6 is 11.6 Å². The molecule has 1 atom stereocenters. The molecule has 3 aromatic rings. The molecule has 0 radical (unpaired) electrons. The number of furan rings is 1. The minimum atomic E-state index is -0.300. The quantitative estimate of drug-likeness (QED) is 0.605. The summed E-state index contributed by atoms with van der Waals surface area (Å²) in [6.45, 7) is 8.39. The monoisotopic (exact) mass is 429 g/mol. The van der Waals surface area contributed by atoms with Crippen molar-refractivity contribution in [3.63, 3.8) is 0 Å². The maximum atomic E-state index is 13.2. The average Bonchev–Trinajstić information content (AvgIpc) is 3.14. The number of fused-ring (bicyclic) bond motifs is 1. The molecule has 1 amide bonds. The zero-order valence-electron chi connectivity index (χ0n) is 17.6. The van der Waals surface area contributed by atoms with Crippen molar-refractivity contribution in [2.45, 2.75) is 53.1 Å². The molecule has 1 aliphatic carbocycles. The van der Waals surface area contributed by atoms with E-state index in [2.05, 4.69) is 24.3 Å². The lowest BCUT2D eigenvalue weighted by Crippen LogP contribution is -2.36. The number of nitrogens with zero attached hydrogens (tertiary/aromatic N) is 2. The zero-order valence-corrected chi connectivity index (χ0v) is 18.3. The highest BCUT2D eigenvalue weighted by molar-refractivity contribution is 6.33. The minimum absolute atomic E-state index is 0.0147. The predicted octanol–water partition coefficient (Wildman–Crippen LogP) is 5.38. The van der Waals surface area contributed by atoms with Crippen LogP contribution in [0.4, 0.5) is 4.39 Å². The fourth-order valence-electron chi connectivity index (χ4n) is 4.22. The highest BCUT2D eigenvalue weighted by Gasteiger charge is 2.36. The van der Waals surface area contributed by atoms with Gasteiger partial charge in [0, 0.05) is 12.0 Å². The minimum Gasteiger partial charge on any atom is -0.466 e. The van der Waals surface area contributed by atoms with Crippen LogP contribution in [0, 0.1) is 25.1 Å². The lowest BCUT2D eigenvalue weighted by atomic mass is 9.74. The van der Waals surface area contributed by atoms with Gasteiger partial charge in [-0.1, -0.05) is 37.6 Å². The number of hydrogen-bond donors (Lipinski definition) is 1. The number of carbonyl (C=O) groups is 1. The molecular weight excluding hydrogens is 405 g/mol. The van der Waals surface area contributed by atoms with Gasteiger partial charge in [0.15, 0.2) is 0 Å². The molecule has 5 nitrogen and oxygen atoms in total. The number of nitrogens with one attached hydrogen (secondary N) is 1. The van der Waals surface area contributed by atoms with Gasteiger partial charge in [-0.25, -0.2) is 9.07 Å². The fraction of sp³-hybridized carbons (Fsp3) is 0.391. The maximum absolute atomic E-state index is 13.2. The maximum Gasteiger partial charge on any atom is 0.256 e. The topological polar surface area (TPSA) is 60.1 Å². The number of aromatic nitrogens is 2. The van der Waals surface area contributed by atoms with Crippen molar-refractivity contribution < 1.29 is 13.6 Å². The van der Waals surface area contributed by atoms with Crippen LogP contribution in [0.5, 0.6) is 0 Å². The Labute approximate surface area is 180 Å². The number of hydrogen-bond acceptors (Lipinski definition) is 3. The van der Waals surface area contributed by atoms with Gasteiger partial charge in [-0.3, -0.25) is 4.79 Å². The van der Waals surface area contributed by atoms with Gasteiger partial charge < -0.3 is 9.73 Å². The number of aryl methyl sites for hydroxylation is 2. The predicted molar refractivity (Wildman–Crippen MR) is 113 cm³/mol. The van der Waals surface area contributed by atoms with E-state index in [4.69, 9.17) is 16.0 Å². The van der Waals surface area contributed by atoms with Gasteiger partial charge in [-0.2, -0.15) is 5.10 Å². The highest BCUT2D eigenvalue weighted by Crippen LogP contribution is 2.42. The second-order valence-electron chi connectivity index (χ2n) is 8.84. The number of amides is 1. The highest BCUT2D eigenvalue weighted by atomic mass is 35.5. The van der Waals surface area contributed by atoms with Crippen molar-refractivity contribution >= 4 is 17.5 Å². The Morgan fingerprint density at radius 1 is 1.33 bits per heavy atom. The SMILES string of the molecule is Cc1cc2c(o1)CC(C)(C)CC2NC(=O)c1c(C)nn(Cc2ccc(F)cc2)c1Cl. The number of rotatable bonds is 4. The largest absolute Gasteiger partial charge is 0.466 e. The van der Waals surface area contributed by atoms with E-state index >= 15 is 0 Å². The first-order valence-electron chi connectivity index (χ1n) is 10.0. The van der Waals surface area contributed by atoms with Gasteiger partial charge in [-0.05, 0) is 49.4 Å². The Morgan fingerprint density at radius 3 is 2.73 bits per heavy atom. The third kappa shape index (κ3) is 4.01. The van der Waals surface area contributed by atoms with Crippen molar-refractivity contribution in [1.29, 1.82) is 0 Å². The molecular formula is C23H25ClFN3O2. The van der Waals surface area contributed by atoms with Crippen molar-refractivity contribution in [1.82, 2.24) is 15.1 Å². The standard InChI is InChI=1S/C23H25ClFN3O2/c1-13-9-17-18(10-23(3,4)11-19(17)30-13)26-22(29)20-14(2)27-28(21(20)24)12-15-5-7-16(25)8-6-15/h5-9,18H,10-12H2,1-4H3,(H,26,29). The van der Waals surface area contributed by atoms with Crippen LogP contribution in [0.25, 0.3) is 0 Å². The van der Waals surface area contributed by atoms with Crippen LogP contribution < -0.4 is 5.32 Å². The summed E-state index contributed by atoms with van der Waals surface area (Å²) in [7, 11) is 0. The van der Waals surface area contributed by atoms with Crippen molar-refractivity contribution in [2.24, 2.45) is 5.41 Å². The van der Waals surface area contributed by atoms with Crippen LogP contribution in [-0.2, 0) is 13.0 Å². The van der Waals surface area contributed by atoms with E-state index in [0.717, 1.165) is 35.5 Å². The summed E-state index contributed by atoms with van der Waals surface area (Å²) in [6.07, 6.45) is 1.66. The molecule has 0 spiro atoms. The Bertz CT molecular complexity index is 1100. The van der Waals surface area contributed by atoms with E-state index in [9.17, 15) is 9.18 Å². The first-order valence-corrected chi connectivity index (χ1v) is 10.4. The van der Waals surface area contributed by atoms with Gasteiger partial charge in [0.25, 0.3) is 5.91 Å². The molecule has 1 aromatic carbocycles. The lowest BCUT2D eigenvalue weighted by molar-refractivity contribution is 0.0917. The van der Waals surface area contributed by atoms with E-state index in [1.807, 2.05) is 13.0 Å². The van der Waals surface area contributed by atoms with Crippen molar-refractivity contribution in [3.8, 4) is 0 Å². The van der Waals surface area contributed by atoms with Gasteiger partial charge in [0.05, 0.1) is 23.8 Å². The molecule has 7 heteroatoms. The Morgan fingerprint density at radius 2 is 2.03 bits per heavy atom. The van der Waals surface area contributed by atoms with E-state index < -0.39 is 0 Å². The van der Waals surface area contributed by atoms with Crippen LogP contribution in [-0.4, -0.2) is 15.7 Å². The number of halogens is 2. The van der Waals surface area contributed by atoms with Crippen LogP contribution in [0.2, 0.25) is 5.15 Å². The molecule has 4 rings (SSSR count). The molecule has 1 aliphatic rings. The van der Waals surface area contributed by atoms with E-state index in [1.165, 1.54) is 12.1 Å². The number of benzene rings is 1. The molecule has 2 heterocycles. The molecule has 0 fully saturated rings.